The van der Waals surface area contributed by atoms with E-state index in [1.807, 2.05) is 25.1 Å². The summed E-state index contributed by atoms with van der Waals surface area (Å²) >= 11 is 0. The molecule has 5 nitrogen and oxygen atoms in total. The van der Waals surface area contributed by atoms with Gasteiger partial charge in [0.25, 0.3) is 0 Å². The van der Waals surface area contributed by atoms with Crippen molar-refractivity contribution >= 4 is 22.8 Å². The van der Waals surface area contributed by atoms with Gasteiger partial charge < -0.3 is 19.3 Å². The first-order chi connectivity index (χ1) is 12.1. The van der Waals surface area contributed by atoms with Crippen molar-refractivity contribution in [2.24, 2.45) is 0 Å². The molecule has 0 bridgehead atoms. The van der Waals surface area contributed by atoms with Gasteiger partial charge in [0, 0.05) is 24.1 Å². The minimum Gasteiger partial charge on any atom is -0.493 e. The zero-order valence-electron chi connectivity index (χ0n) is 15.1. The molecule has 0 radical (unpaired) electrons. The van der Waals surface area contributed by atoms with Crippen LogP contribution in [0.5, 0.6) is 11.5 Å². The summed E-state index contributed by atoms with van der Waals surface area (Å²) in [6.07, 6.45) is 4.28. The maximum absolute atomic E-state index is 11.0. The maximum atomic E-state index is 11.0. The lowest BCUT2D eigenvalue weighted by molar-refractivity contribution is -0.131. The number of carboxylic acid groups (broad SMARTS) is 1. The van der Waals surface area contributed by atoms with E-state index >= 15 is 0 Å². The molecule has 0 saturated carbocycles. The van der Waals surface area contributed by atoms with E-state index in [0.29, 0.717) is 17.9 Å². The van der Waals surface area contributed by atoms with Gasteiger partial charge in [0.2, 0.25) is 0 Å². The van der Waals surface area contributed by atoms with Crippen molar-refractivity contribution in [3.63, 3.8) is 0 Å². The van der Waals surface area contributed by atoms with Crippen molar-refractivity contribution in [3.05, 3.63) is 41.0 Å². The number of aliphatic carboxylic acids is 1. The van der Waals surface area contributed by atoms with Gasteiger partial charge in [-0.05, 0) is 35.4 Å². The van der Waals surface area contributed by atoms with Gasteiger partial charge in [-0.15, -0.1) is 0 Å². The van der Waals surface area contributed by atoms with Crippen LogP contribution in [0.25, 0.3) is 16.8 Å². The number of methoxy groups -OCH3 is 2. The third-order valence-corrected chi connectivity index (χ3v) is 4.13. The Hall–Kier alpha value is -2.53. The summed E-state index contributed by atoms with van der Waals surface area (Å²) in [6, 6.07) is 6.00. The molecule has 0 aliphatic carbocycles. The molecule has 0 fully saturated rings. The topological polar surface area (TPSA) is 65.0 Å². The van der Waals surface area contributed by atoms with Crippen LogP contribution >= 0.6 is 0 Å². The number of benzene rings is 2. The van der Waals surface area contributed by atoms with E-state index in [4.69, 9.17) is 19.3 Å². The normalized spacial score (nSPS) is 11.2. The highest BCUT2D eigenvalue weighted by Crippen LogP contribution is 2.44. The number of hydrogen-bond donors (Lipinski definition) is 1. The Balaban J connectivity index is 2.93. The first-order valence-electron chi connectivity index (χ1n) is 8.26. The van der Waals surface area contributed by atoms with Crippen LogP contribution < -0.4 is 9.47 Å². The summed E-state index contributed by atoms with van der Waals surface area (Å²) in [5, 5.41) is 10.9. The summed E-state index contributed by atoms with van der Waals surface area (Å²) in [6.45, 7) is 4.18. The van der Waals surface area contributed by atoms with Crippen LogP contribution in [0.2, 0.25) is 0 Å². The molecule has 0 spiro atoms. The lowest BCUT2D eigenvalue weighted by atomic mass is 9.91. The zero-order valence-corrected chi connectivity index (χ0v) is 15.1. The van der Waals surface area contributed by atoms with Gasteiger partial charge in [-0.2, -0.15) is 0 Å². The van der Waals surface area contributed by atoms with Gasteiger partial charge >= 0.3 is 5.97 Å². The highest BCUT2D eigenvalue weighted by Gasteiger charge is 2.21. The highest BCUT2D eigenvalue weighted by molar-refractivity contribution is 6.02. The van der Waals surface area contributed by atoms with Crippen LogP contribution in [-0.2, 0) is 22.4 Å². The second-order valence-electron chi connectivity index (χ2n) is 5.52. The maximum Gasteiger partial charge on any atom is 0.328 e. The summed E-state index contributed by atoms with van der Waals surface area (Å²) in [4.78, 5) is 11.0. The van der Waals surface area contributed by atoms with E-state index in [1.165, 1.54) is 0 Å². The SMILES string of the molecule is CCc1c(OC)c(OCOC)c2c(CC)cccc2c1/C=C/C(=O)O. The van der Waals surface area contributed by atoms with E-state index in [9.17, 15) is 4.79 Å². The average Bonchev–Trinajstić information content (AvgIpc) is 2.62. The van der Waals surface area contributed by atoms with Crippen molar-refractivity contribution in [3.8, 4) is 11.5 Å². The first kappa shape index (κ1) is 18.8. The fourth-order valence-electron chi connectivity index (χ4n) is 3.09. The molecule has 1 N–H and O–H groups in total. The molecule has 2 aromatic rings. The minimum absolute atomic E-state index is 0.108. The Morgan fingerprint density at radius 1 is 1.16 bits per heavy atom. The number of hydrogen-bond acceptors (Lipinski definition) is 4. The van der Waals surface area contributed by atoms with Gasteiger partial charge in [0.05, 0.1) is 7.11 Å². The smallest absolute Gasteiger partial charge is 0.328 e. The molecule has 0 unspecified atom stereocenters. The molecule has 5 heteroatoms. The molecule has 134 valence electrons. The Kier molecular flexibility index (Phi) is 6.42. The lowest BCUT2D eigenvalue weighted by Gasteiger charge is -2.21. The first-order valence-corrected chi connectivity index (χ1v) is 8.26. The summed E-state index contributed by atoms with van der Waals surface area (Å²) < 4.78 is 16.6. The van der Waals surface area contributed by atoms with Crippen molar-refractivity contribution in [1.82, 2.24) is 0 Å². The van der Waals surface area contributed by atoms with Crippen LogP contribution in [0.3, 0.4) is 0 Å². The van der Waals surface area contributed by atoms with E-state index in [1.54, 1.807) is 20.3 Å². The molecule has 25 heavy (non-hydrogen) atoms. The van der Waals surface area contributed by atoms with Crippen molar-refractivity contribution in [2.45, 2.75) is 26.7 Å². The third-order valence-electron chi connectivity index (χ3n) is 4.13. The number of ether oxygens (including phenoxy) is 3. The summed E-state index contributed by atoms with van der Waals surface area (Å²) in [5.74, 6) is 0.277. The molecule has 0 aromatic heterocycles. The van der Waals surface area contributed by atoms with Gasteiger partial charge in [-0.25, -0.2) is 4.79 Å². The van der Waals surface area contributed by atoms with Gasteiger partial charge in [0.1, 0.15) is 0 Å². The molecule has 0 atom stereocenters. The Morgan fingerprint density at radius 2 is 1.92 bits per heavy atom. The molecule has 2 rings (SSSR count). The molecule has 0 aliphatic rings. The van der Waals surface area contributed by atoms with E-state index in [0.717, 1.165) is 40.0 Å². The van der Waals surface area contributed by atoms with Crippen molar-refractivity contribution in [1.29, 1.82) is 0 Å². The third kappa shape index (κ3) is 3.77. The van der Waals surface area contributed by atoms with E-state index < -0.39 is 5.97 Å². The predicted molar refractivity (Wildman–Crippen MR) is 98.4 cm³/mol. The highest BCUT2D eigenvalue weighted by atomic mass is 16.7. The molecule has 0 saturated heterocycles. The number of fused-ring (bicyclic) bond motifs is 1. The van der Waals surface area contributed by atoms with E-state index in [2.05, 4.69) is 6.92 Å². The predicted octanol–water partition coefficient (Wildman–Crippen LogP) is 4.05. The zero-order chi connectivity index (χ0) is 18.4. The standard InChI is InChI=1S/C20H24O5/c1-5-13-8-7-9-16-15(10-11-17(21)22)14(6-2)19(24-4)20(18(13)16)25-12-23-3/h7-11H,5-6,12H2,1-4H3,(H,21,22)/b11-10+. The van der Waals surface area contributed by atoms with Crippen LogP contribution in [0.15, 0.2) is 24.3 Å². The minimum atomic E-state index is -0.986. The lowest BCUT2D eigenvalue weighted by Crippen LogP contribution is -2.06. The number of carboxylic acids is 1. The largest absolute Gasteiger partial charge is 0.493 e. The molecular formula is C20H24O5. The van der Waals surface area contributed by atoms with Crippen molar-refractivity contribution in [2.75, 3.05) is 21.0 Å². The molecule has 0 heterocycles. The van der Waals surface area contributed by atoms with Crippen molar-refractivity contribution < 1.29 is 24.1 Å². The number of carbonyl (C=O) groups is 1. The second kappa shape index (κ2) is 8.53. The molecule has 2 aromatic carbocycles. The number of aryl methyl sites for hydroxylation is 1. The van der Waals surface area contributed by atoms with Gasteiger partial charge in [-0.1, -0.05) is 32.0 Å². The fraction of sp³-hybridized carbons (Fsp3) is 0.350. The summed E-state index contributed by atoms with van der Waals surface area (Å²) in [5.41, 5.74) is 2.86. The number of rotatable bonds is 8. The summed E-state index contributed by atoms with van der Waals surface area (Å²) in [7, 11) is 3.17. The Labute approximate surface area is 147 Å². The van der Waals surface area contributed by atoms with Gasteiger partial charge in [0.15, 0.2) is 18.3 Å². The molecule has 0 aliphatic heterocycles. The van der Waals surface area contributed by atoms with Crippen LogP contribution in [0, 0.1) is 0 Å². The van der Waals surface area contributed by atoms with Crippen LogP contribution in [0.4, 0.5) is 0 Å². The molecule has 0 amide bonds. The Bertz CT molecular complexity index is 793. The Morgan fingerprint density at radius 3 is 2.48 bits per heavy atom. The van der Waals surface area contributed by atoms with E-state index in [-0.39, 0.29) is 6.79 Å². The van der Waals surface area contributed by atoms with Crippen LogP contribution in [-0.4, -0.2) is 32.1 Å². The second-order valence-corrected chi connectivity index (χ2v) is 5.52. The monoisotopic (exact) mass is 344 g/mol. The van der Waals surface area contributed by atoms with Crippen LogP contribution in [0.1, 0.15) is 30.5 Å². The van der Waals surface area contributed by atoms with Gasteiger partial charge in [-0.3, -0.25) is 0 Å². The quantitative estimate of drug-likeness (QED) is 0.578. The molecular weight excluding hydrogens is 320 g/mol. The fourth-order valence-corrected chi connectivity index (χ4v) is 3.09. The average molecular weight is 344 g/mol.